The van der Waals surface area contributed by atoms with Gasteiger partial charge in [0, 0.05) is 16.9 Å². The molecular formula is C18H26BrNO. The van der Waals surface area contributed by atoms with Gasteiger partial charge in [-0.05, 0) is 48.3 Å². The van der Waals surface area contributed by atoms with Crippen LogP contribution in [0.25, 0.3) is 0 Å². The van der Waals surface area contributed by atoms with E-state index in [2.05, 4.69) is 42.0 Å². The number of halogens is 1. The summed E-state index contributed by atoms with van der Waals surface area (Å²) in [4.78, 5) is 12.5. The zero-order chi connectivity index (χ0) is 15.4. The first kappa shape index (κ1) is 16.5. The van der Waals surface area contributed by atoms with E-state index in [-0.39, 0.29) is 5.91 Å². The highest BCUT2D eigenvalue weighted by molar-refractivity contribution is 9.08. The summed E-state index contributed by atoms with van der Waals surface area (Å²) in [5.41, 5.74) is 1.96. The molecular weight excluding hydrogens is 326 g/mol. The van der Waals surface area contributed by atoms with Gasteiger partial charge in [0.1, 0.15) is 0 Å². The number of carbonyl (C=O) groups is 1. The highest BCUT2D eigenvalue weighted by atomic mass is 79.9. The summed E-state index contributed by atoms with van der Waals surface area (Å²) in [6.45, 7) is 6.83. The lowest BCUT2D eigenvalue weighted by Gasteiger charge is -2.37. The largest absolute Gasteiger partial charge is 0.349 e. The van der Waals surface area contributed by atoms with Gasteiger partial charge < -0.3 is 5.32 Å². The van der Waals surface area contributed by atoms with E-state index in [0.29, 0.717) is 23.8 Å². The number of carbonyl (C=O) groups excluding carboxylic acids is 1. The number of alkyl halides is 1. The third-order valence-electron chi connectivity index (χ3n) is 4.71. The molecule has 0 aliphatic heterocycles. The SMILES string of the molecule is CC1CCC(C(C)C)C(NC(=O)c2ccc(CBr)cc2)C1. The Bertz CT molecular complexity index is 469. The van der Waals surface area contributed by atoms with Gasteiger partial charge in [0.05, 0.1) is 0 Å². The number of benzene rings is 1. The highest BCUT2D eigenvalue weighted by Crippen LogP contribution is 2.33. The third kappa shape index (κ3) is 4.32. The van der Waals surface area contributed by atoms with Crippen molar-refractivity contribution < 1.29 is 4.79 Å². The second-order valence-electron chi connectivity index (χ2n) is 6.74. The van der Waals surface area contributed by atoms with Gasteiger partial charge >= 0.3 is 0 Å². The second-order valence-corrected chi connectivity index (χ2v) is 7.30. The molecule has 0 bridgehead atoms. The van der Waals surface area contributed by atoms with E-state index in [1.165, 1.54) is 18.4 Å². The average Bonchev–Trinajstić information content (AvgIpc) is 2.47. The van der Waals surface area contributed by atoms with Crippen molar-refractivity contribution in [3.63, 3.8) is 0 Å². The molecule has 1 aromatic carbocycles. The van der Waals surface area contributed by atoms with Crippen LogP contribution in [-0.2, 0) is 5.33 Å². The Kier molecular flexibility index (Phi) is 5.86. The van der Waals surface area contributed by atoms with Gasteiger partial charge in [-0.15, -0.1) is 0 Å². The van der Waals surface area contributed by atoms with Gasteiger partial charge in [-0.2, -0.15) is 0 Å². The van der Waals surface area contributed by atoms with E-state index in [4.69, 9.17) is 0 Å². The van der Waals surface area contributed by atoms with Crippen LogP contribution in [0.15, 0.2) is 24.3 Å². The number of rotatable bonds is 4. The van der Waals surface area contributed by atoms with E-state index >= 15 is 0 Å². The Labute approximate surface area is 136 Å². The molecule has 1 aliphatic rings. The molecule has 1 fully saturated rings. The zero-order valence-electron chi connectivity index (χ0n) is 13.2. The Hall–Kier alpha value is -0.830. The van der Waals surface area contributed by atoms with E-state index in [1.807, 2.05) is 24.3 Å². The molecule has 3 atom stereocenters. The summed E-state index contributed by atoms with van der Waals surface area (Å²) in [7, 11) is 0. The normalized spacial score (nSPS) is 25.9. The monoisotopic (exact) mass is 351 g/mol. The van der Waals surface area contributed by atoms with Crippen LogP contribution in [0.5, 0.6) is 0 Å². The fraction of sp³-hybridized carbons (Fsp3) is 0.611. The highest BCUT2D eigenvalue weighted by Gasteiger charge is 2.31. The molecule has 3 heteroatoms. The van der Waals surface area contributed by atoms with Crippen molar-refractivity contribution in [1.82, 2.24) is 5.32 Å². The molecule has 0 spiro atoms. The van der Waals surface area contributed by atoms with Gasteiger partial charge in [-0.1, -0.05) is 55.3 Å². The predicted octanol–water partition coefficient (Wildman–Crippen LogP) is 4.77. The molecule has 1 N–H and O–H groups in total. The Morgan fingerprint density at radius 2 is 1.95 bits per heavy atom. The van der Waals surface area contributed by atoms with Crippen LogP contribution < -0.4 is 5.32 Å². The van der Waals surface area contributed by atoms with Crippen LogP contribution in [0.4, 0.5) is 0 Å². The lowest BCUT2D eigenvalue weighted by molar-refractivity contribution is 0.0868. The number of hydrogen-bond donors (Lipinski definition) is 1. The van der Waals surface area contributed by atoms with E-state index in [9.17, 15) is 4.79 Å². The molecule has 116 valence electrons. The van der Waals surface area contributed by atoms with Gasteiger partial charge in [0.15, 0.2) is 0 Å². The summed E-state index contributed by atoms with van der Waals surface area (Å²) in [6, 6.07) is 8.17. The summed E-state index contributed by atoms with van der Waals surface area (Å²) in [5, 5.41) is 4.11. The van der Waals surface area contributed by atoms with Crippen molar-refractivity contribution in [2.24, 2.45) is 17.8 Å². The summed E-state index contributed by atoms with van der Waals surface area (Å²) in [6.07, 6.45) is 3.62. The molecule has 1 amide bonds. The quantitative estimate of drug-likeness (QED) is 0.777. The Morgan fingerprint density at radius 1 is 1.29 bits per heavy atom. The Balaban J connectivity index is 2.04. The van der Waals surface area contributed by atoms with Gasteiger partial charge in [0.2, 0.25) is 0 Å². The van der Waals surface area contributed by atoms with Crippen molar-refractivity contribution in [2.45, 2.75) is 51.4 Å². The molecule has 1 aliphatic carbocycles. The van der Waals surface area contributed by atoms with Crippen LogP contribution in [0.2, 0.25) is 0 Å². The fourth-order valence-corrected chi connectivity index (χ4v) is 3.74. The van der Waals surface area contributed by atoms with E-state index < -0.39 is 0 Å². The smallest absolute Gasteiger partial charge is 0.251 e. The summed E-state index contributed by atoms with van der Waals surface area (Å²) in [5.74, 6) is 2.01. The van der Waals surface area contributed by atoms with Gasteiger partial charge in [0.25, 0.3) is 5.91 Å². The topological polar surface area (TPSA) is 29.1 Å². The molecule has 0 radical (unpaired) electrons. The summed E-state index contributed by atoms with van der Waals surface area (Å²) >= 11 is 3.43. The minimum absolute atomic E-state index is 0.0703. The van der Waals surface area contributed by atoms with Gasteiger partial charge in [-0.3, -0.25) is 4.79 Å². The van der Waals surface area contributed by atoms with Crippen molar-refractivity contribution in [2.75, 3.05) is 0 Å². The minimum Gasteiger partial charge on any atom is -0.349 e. The molecule has 0 aromatic heterocycles. The first-order chi connectivity index (χ1) is 10.0. The average molecular weight is 352 g/mol. The van der Waals surface area contributed by atoms with Crippen molar-refractivity contribution >= 4 is 21.8 Å². The number of nitrogens with one attached hydrogen (secondary N) is 1. The lowest BCUT2D eigenvalue weighted by atomic mass is 9.74. The predicted molar refractivity (Wildman–Crippen MR) is 91.7 cm³/mol. The molecule has 1 aromatic rings. The zero-order valence-corrected chi connectivity index (χ0v) is 14.8. The maximum atomic E-state index is 12.5. The molecule has 0 heterocycles. The first-order valence-corrected chi connectivity index (χ1v) is 9.09. The standard InChI is InChI=1S/C18H26BrNO/c1-12(2)16-9-4-13(3)10-17(16)20-18(21)15-7-5-14(11-19)6-8-15/h5-8,12-13,16-17H,4,9-11H2,1-3H3,(H,20,21). The van der Waals surface area contributed by atoms with Crippen molar-refractivity contribution in [3.8, 4) is 0 Å². The molecule has 1 saturated carbocycles. The van der Waals surface area contributed by atoms with Crippen LogP contribution >= 0.6 is 15.9 Å². The van der Waals surface area contributed by atoms with E-state index in [0.717, 1.165) is 17.3 Å². The lowest BCUT2D eigenvalue weighted by Crippen LogP contribution is -2.45. The molecule has 3 unspecified atom stereocenters. The maximum Gasteiger partial charge on any atom is 0.251 e. The van der Waals surface area contributed by atoms with Crippen LogP contribution in [0.3, 0.4) is 0 Å². The van der Waals surface area contributed by atoms with Crippen molar-refractivity contribution in [3.05, 3.63) is 35.4 Å². The van der Waals surface area contributed by atoms with Crippen LogP contribution in [-0.4, -0.2) is 11.9 Å². The number of hydrogen-bond acceptors (Lipinski definition) is 1. The fourth-order valence-electron chi connectivity index (χ4n) is 3.37. The third-order valence-corrected chi connectivity index (χ3v) is 5.36. The molecule has 21 heavy (non-hydrogen) atoms. The minimum atomic E-state index is 0.0703. The molecule has 2 rings (SSSR count). The maximum absolute atomic E-state index is 12.5. The van der Waals surface area contributed by atoms with Crippen LogP contribution in [0, 0.1) is 17.8 Å². The molecule has 0 saturated heterocycles. The number of amides is 1. The van der Waals surface area contributed by atoms with Gasteiger partial charge in [-0.25, -0.2) is 0 Å². The Morgan fingerprint density at radius 3 is 2.52 bits per heavy atom. The summed E-state index contributed by atoms with van der Waals surface area (Å²) < 4.78 is 0. The first-order valence-electron chi connectivity index (χ1n) is 7.97. The van der Waals surface area contributed by atoms with Crippen molar-refractivity contribution in [1.29, 1.82) is 0 Å². The van der Waals surface area contributed by atoms with E-state index in [1.54, 1.807) is 0 Å². The second kappa shape index (κ2) is 7.44. The molecule has 2 nitrogen and oxygen atoms in total. The van der Waals surface area contributed by atoms with Crippen LogP contribution in [0.1, 0.15) is 56.0 Å².